The molecule has 1 aromatic heterocycles. The van der Waals surface area contributed by atoms with Crippen molar-refractivity contribution in [1.82, 2.24) is 14.9 Å². The molecule has 2 aromatic carbocycles. The normalized spacial score (nSPS) is 12.0. The van der Waals surface area contributed by atoms with Gasteiger partial charge in [-0.1, -0.05) is 42.5 Å². The number of fused-ring (bicyclic) bond motifs is 1. The minimum Gasteiger partial charge on any atom is -0.463 e. The first-order valence-electron chi connectivity index (χ1n) is 9.61. The number of aromatic amines is 1. The molecule has 156 valence electrons. The number of nitrogens with zero attached hydrogens (tertiary/aromatic N) is 1. The summed E-state index contributed by atoms with van der Waals surface area (Å²) >= 11 is 0. The largest absolute Gasteiger partial charge is 0.463 e. The Kier molecular flexibility index (Phi) is 6.46. The number of amides is 1. The second-order valence-electron chi connectivity index (χ2n) is 7.14. The van der Waals surface area contributed by atoms with Crippen molar-refractivity contribution in [2.45, 2.75) is 39.0 Å². The van der Waals surface area contributed by atoms with E-state index >= 15 is 0 Å². The van der Waals surface area contributed by atoms with Crippen LogP contribution in [0.3, 0.4) is 0 Å². The van der Waals surface area contributed by atoms with Gasteiger partial charge in [0.15, 0.2) is 0 Å². The molecule has 0 fully saturated rings. The topological polar surface area (TPSA) is 110 Å². The van der Waals surface area contributed by atoms with Crippen molar-refractivity contribution in [3.05, 3.63) is 81.0 Å². The summed E-state index contributed by atoms with van der Waals surface area (Å²) in [6.45, 7) is 3.20. The smallest absolute Gasteiger partial charge is 0.329 e. The second kappa shape index (κ2) is 9.21. The number of nitrogens with one attached hydrogen (secondary N) is 2. The molecular formula is C22H23N3O5. The molecule has 3 aromatic rings. The maximum Gasteiger partial charge on any atom is 0.329 e. The minimum absolute atomic E-state index is 0.0464. The van der Waals surface area contributed by atoms with E-state index in [4.69, 9.17) is 4.74 Å². The summed E-state index contributed by atoms with van der Waals surface area (Å²) in [5.41, 5.74) is -0.0858. The third-order valence-electron chi connectivity index (χ3n) is 4.48. The number of hydrogen-bond acceptors (Lipinski definition) is 5. The van der Waals surface area contributed by atoms with Gasteiger partial charge in [0, 0.05) is 0 Å². The lowest BCUT2D eigenvalue weighted by atomic mass is 10.0. The predicted molar refractivity (Wildman–Crippen MR) is 112 cm³/mol. The van der Waals surface area contributed by atoms with E-state index in [1.807, 2.05) is 18.2 Å². The lowest BCUT2D eigenvalue weighted by Gasteiger charge is -2.20. The summed E-state index contributed by atoms with van der Waals surface area (Å²) in [7, 11) is 0. The Bertz CT molecular complexity index is 1160. The number of ether oxygens (including phenoxy) is 1. The first kappa shape index (κ1) is 21.0. The number of esters is 1. The molecule has 0 radical (unpaired) electrons. The first-order chi connectivity index (χ1) is 14.3. The highest BCUT2D eigenvalue weighted by atomic mass is 16.5. The van der Waals surface area contributed by atoms with E-state index in [0.29, 0.717) is 10.9 Å². The van der Waals surface area contributed by atoms with Crippen molar-refractivity contribution < 1.29 is 14.3 Å². The van der Waals surface area contributed by atoms with Crippen molar-refractivity contribution >= 4 is 22.8 Å². The SMILES string of the molecule is CC(C)OC(=O)CC(NC(=O)Cn1c(=O)[nH]c(=O)c2ccccc21)c1ccccc1. The number of hydrogen-bond donors (Lipinski definition) is 2. The van der Waals surface area contributed by atoms with Crippen LogP contribution >= 0.6 is 0 Å². The van der Waals surface area contributed by atoms with Gasteiger partial charge in [0.25, 0.3) is 5.56 Å². The van der Waals surface area contributed by atoms with Gasteiger partial charge in [0.2, 0.25) is 5.91 Å². The number of para-hydroxylation sites is 1. The molecule has 8 nitrogen and oxygen atoms in total. The van der Waals surface area contributed by atoms with Crippen LogP contribution in [0.5, 0.6) is 0 Å². The Labute approximate surface area is 172 Å². The monoisotopic (exact) mass is 409 g/mol. The fourth-order valence-corrected chi connectivity index (χ4v) is 3.20. The predicted octanol–water partition coefficient (Wildman–Crippen LogP) is 1.89. The van der Waals surface area contributed by atoms with Gasteiger partial charge < -0.3 is 10.1 Å². The van der Waals surface area contributed by atoms with E-state index in [1.165, 1.54) is 4.57 Å². The van der Waals surface area contributed by atoms with Gasteiger partial charge in [0.1, 0.15) is 6.54 Å². The average molecular weight is 409 g/mol. The molecule has 1 unspecified atom stereocenters. The van der Waals surface area contributed by atoms with Gasteiger partial charge in [-0.05, 0) is 31.5 Å². The summed E-state index contributed by atoms with van der Waals surface area (Å²) in [4.78, 5) is 51.5. The molecule has 1 atom stereocenters. The van der Waals surface area contributed by atoms with Crippen molar-refractivity contribution in [1.29, 1.82) is 0 Å². The third kappa shape index (κ3) is 5.02. The Morgan fingerprint density at radius 2 is 1.70 bits per heavy atom. The molecule has 3 rings (SSSR count). The number of benzene rings is 2. The van der Waals surface area contributed by atoms with Gasteiger partial charge in [-0.3, -0.25) is 23.9 Å². The fourth-order valence-electron chi connectivity index (χ4n) is 3.20. The Morgan fingerprint density at radius 3 is 2.40 bits per heavy atom. The van der Waals surface area contributed by atoms with E-state index in [1.54, 1.807) is 50.2 Å². The number of aromatic nitrogens is 2. The number of H-pyrrole nitrogens is 1. The third-order valence-corrected chi connectivity index (χ3v) is 4.48. The van der Waals surface area contributed by atoms with Crippen LogP contribution in [-0.2, 0) is 20.9 Å². The summed E-state index contributed by atoms with van der Waals surface area (Å²) < 4.78 is 6.40. The molecular weight excluding hydrogens is 386 g/mol. The van der Waals surface area contributed by atoms with Crippen molar-refractivity contribution in [3.8, 4) is 0 Å². The van der Waals surface area contributed by atoms with E-state index in [-0.39, 0.29) is 19.1 Å². The van der Waals surface area contributed by atoms with Crippen molar-refractivity contribution in [3.63, 3.8) is 0 Å². The second-order valence-corrected chi connectivity index (χ2v) is 7.14. The quantitative estimate of drug-likeness (QED) is 0.579. The molecule has 1 heterocycles. The van der Waals surface area contributed by atoms with Gasteiger partial charge in [-0.15, -0.1) is 0 Å². The average Bonchev–Trinajstić information content (AvgIpc) is 2.70. The summed E-state index contributed by atoms with van der Waals surface area (Å²) in [5, 5.41) is 3.11. The molecule has 1 amide bonds. The van der Waals surface area contributed by atoms with E-state index in [0.717, 1.165) is 5.56 Å². The molecule has 0 bridgehead atoms. The van der Waals surface area contributed by atoms with E-state index in [9.17, 15) is 19.2 Å². The van der Waals surface area contributed by atoms with Gasteiger partial charge in [-0.25, -0.2) is 4.79 Å². The van der Waals surface area contributed by atoms with Gasteiger partial charge in [-0.2, -0.15) is 0 Å². The van der Waals surface area contributed by atoms with Crippen LogP contribution in [0.1, 0.15) is 31.9 Å². The van der Waals surface area contributed by atoms with Gasteiger partial charge in [0.05, 0.1) is 29.5 Å². The maximum atomic E-state index is 12.8. The Hall–Kier alpha value is -3.68. The Morgan fingerprint density at radius 1 is 1.03 bits per heavy atom. The molecule has 0 spiro atoms. The molecule has 2 N–H and O–H groups in total. The standard InChI is InChI=1S/C22H23N3O5/c1-14(2)30-20(27)12-17(15-8-4-3-5-9-15)23-19(26)13-25-18-11-7-6-10-16(18)21(28)24-22(25)29/h3-11,14,17H,12-13H2,1-2H3,(H,23,26)(H,24,28,29). The zero-order valence-electron chi connectivity index (χ0n) is 16.8. The zero-order chi connectivity index (χ0) is 21.7. The molecule has 0 saturated heterocycles. The number of carbonyl (C=O) groups excluding carboxylic acids is 2. The first-order valence-corrected chi connectivity index (χ1v) is 9.61. The van der Waals surface area contributed by atoms with E-state index in [2.05, 4.69) is 10.3 Å². The highest BCUT2D eigenvalue weighted by Crippen LogP contribution is 2.18. The van der Waals surface area contributed by atoms with Crippen LogP contribution in [0.25, 0.3) is 10.9 Å². The van der Waals surface area contributed by atoms with Crippen LogP contribution in [0.2, 0.25) is 0 Å². The molecule has 0 aliphatic heterocycles. The van der Waals surface area contributed by atoms with Crippen LogP contribution < -0.4 is 16.6 Å². The molecule has 0 aliphatic carbocycles. The summed E-state index contributed by atoms with van der Waals surface area (Å²) in [6, 6.07) is 15.0. The lowest BCUT2D eigenvalue weighted by molar-refractivity contribution is -0.148. The van der Waals surface area contributed by atoms with Crippen molar-refractivity contribution in [2.24, 2.45) is 0 Å². The number of rotatable bonds is 7. The van der Waals surface area contributed by atoms with Crippen LogP contribution in [0.4, 0.5) is 0 Å². The molecule has 0 saturated carbocycles. The van der Waals surface area contributed by atoms with Gasteiger partial charge >= 0.3 is 11.7 Å². The molecule has 30 heavy (non-hydrogen) atoms. The molecule has 0 aliphatic rings. The summed E-state index contributed by atoms with van der Waals surface area (Å²) in [5.74, 6) is -0.911. The zero-order valence-corrected chi connectivity index (χ0v) is 16.8. The number of carbonyl (C=O) groups is 2. The molecule has 8 heteroatoms. The Balaban J connectivity index is 1.85. The highest BCUT2D eigenvalue weighted by molar-refractivity contribution is 5.82. The van der Waals surface area contributed by atoms with Crippen LogP contribution in [0.15, 0.2) is 64.2 Å². The summed E-state index contributed by atoms with van der Waals surface area (Å²) in [6.07, 6.45) is -0.314. The van der Waals surface area contributed by atoms with E-state index < -0.39 is 29.2 Å². The van der Waals surface area contributed by atoms with Crippen molar-refractivity contribution in [2.75, 3.05) is 0 Å². The minimum atomic E-state index is -0.677. The van der Waals surface area contributed by atoms with Crippen LogP contribution in [0, 0.1) is 0 Å². The lowest BCUT2D eigenvalue weighted by Crippen LogP contribution is -2.38. The van der Waals surface area contributed by atoms with Crippen LogP contribution in [-0.4, -0.2) is 27.5 Å². The maximum absolute atomic E-state index is 12.8. The fraction of sp³-hybridized carbons (Fsp3) is 0.273. The highest BCUT2D eigenvalue weighted by Gasteiger charge is 2.21.